The third-order valence-electron chi connectivity index (χ3n) is 4.21. The summed E-state index contributed by atoms with van der Waals surface area (Å²) in [4.78, 5) is 25.6. The van der Waals surface area contributed by atoms with Gasteiger partial charge in [0.1, 0.15) is 0 Å². The van der Waals surface area contributed by atoms with Crippen LogP contribution in [-0.4, -0.2) is 47.6 Å². The molecule has 0 spiro atoms. The van der Waals surface area contributed by atoms with Gasteiger partial charge in [0.15, 0.2) is 6.23 Å². The van der Waals surface area contributed by atoms with Crippen LogP contribution < -0.4 is 0 Å². The normalized spacial score (nSPS) is 20.1. The number of rotatable bonds is 4. The number of nitrogens with zero attached hydrogens (tertiary/aromatic N) is 1. The Balaban J connectivity index is 2.11. The highest BCUT2D eigenvalue weighted by Crippen LogP contribution is 2.23. The maximum Gasteiger partial charge on any atom is 0.510 e. The van der Waals surface area contributed by atoms with Crippen LogP contribution in [0.1, 0.15) is 35.6 Å². The van der Waals surface area contributed by atoms with Crippen LogP contribution in [0.4, 0.5) is 4.79 Å². The van der Waals surface area contributed by atoms with Gasteiger partial charge in [-0.05, 0) is 44.4 Å². The zero-order chi connectivity index (χ0) is 17.9. The number of aliphatic hydroxyl groups is 1. The Morgan fingerprint density at radius 2 is 1.88 bits per heavy atom. The van der Waals surface area contributed by atoms with Gasteiger partial charge >= 0.3 is 6.16 Å². The summed E-state index contributed by atoms with van der Waals surface area (Å²) in [6.07, 6.45) is -1.88. The van der Waals surface area contributed by atoms with Gasteiger partial charge in [-0.25, -0.2) is 4.79 Å². The molecule has 1 aliphatic heterocycles. The number of aliphatic hydroxyl groups excluding tert-OH is 1. The van der Waals surface area contributed by atoms with Gasteiger partial charge in [0.2, 0.25) is 5.91 Å². The number of hydrogen-bond acceptors (Lipinski definition) is 5. The van der Waals surface area contributed by atoms with E-state index in [1.807, 2.05) is 32.9 Å². The van der Waals surface area contributed by atoms with Crippen LogP contribution in [0.5, 0.6) is 0 Å². The van der Waals surface area contributed by atoms with E-state index in [1.54, 1.807) is 6.92 Å². The minimum atomic E-state index is -0.822. The summed E-state index contributed by atoms with van der Waals surface area (Å²) in [5, 5.41) is 9.85. The van der Waals surface area contributed by atoms with Crippen LogP contribution >= 0.6 is 0 Å². The Morgan fingerprint density at radius 1 is 1.25 bits per heavy atom. The molecule has 0 aliphatic carbocycles. The maximum absolute atomic E-state index is 12.7. The molecule has 6 heteroatoms. The van der Waals surface area contributed by atoms with Gasteiger partial charge in [0.25, 0.3) is 0 Å². The number of ether oxygens (including phenoxy) is 2. The fourth-order valence-corrected chi connectivity index (χ4v) is 3.16. The molecule has 0 radical (unpaired) electrons. The molecule has 1 aromatic carbocycles. The molecule has 1 heterocycles. The van der Waals surface area contributed by atoms with Crippen LogP contribution in [0.3, 0.4) is 0 Å². The quantitative estimate of drug-likeness (QED) is 0.854. The lowest BCUT2D eigenvalue weighted by molar-refractivity contribution is -0.138. The van der Waals surface area contributed by atoms with Gasteiger partial charge in [0, 0.05) is 6.42 Å². The lowest BCUT2D eigenvalue weighted by atomic mass is 9.97. The minimum absolute atomic E-state index is 0.160. The second-order valence-electron chi connectivity index (χ2n) is 6.25. The first-order chi connectivity index (χ1) is 11.3. The molecule has 24 heavy (non-hydrogen) atoms. The van der Waals surface area contributed by atoms with E-state index in [9.17, 15) is 14.7 Å². The number of carbonyl (C=O) groups is 2. The highest BCUT2D eigenvalue weighted by atomic mass is 16.7. The lowest BCUT2D eigenvalue weighted by Gasteiger charge is -2.24. The third-order valence-corrected chi connectivity index (χ3v) is 4.21. The molecule has 1 aliphatic rings. The molecule has 1 aromatic rings. The van der Waals surface area contributed by atoms with E-state index in [0.717, 1.165) is 22.3 Å². The summed E-state index contributed by atoms with van der Waals surface area (Å²) in [6, 6.07) is 4.09. The smallest absolute Gasteiger partial charge is 0.435 e. The van der Waals surface area contributed by atoms with Crippen molar-refractivity contribution in [2.24, 2.45) is 0 Å². The summed E-state index contributed by atoms with van der Waals surface area (Å²) in [7, 11) is 0. The topological polar surface area (TPSA) is 76.1 Å². The first-order valence-electron chi connectivity index (χ1n) is 8.19. The fraction of sp³-hybridized carbons (Fsp3) is 0.556. The molecule has 1 N–H and O–H groups in total. The second-order valence-corrected chi connectivity index (χ2v) is 6.25. The first kappa shape index (κ1) is 18.3. The number of likely N-dealkylation sites (tertiary alicyclic amines) is 1. The third kappa shape index (κ3) is 4.26. The number of benzene rings is 1. The van der Waals surface area contributed by atoms with E-state index < -0.39 is 18.5 Å². The molecule has 132 valence electrons. The molecule has 6 nitrogen and oxygen atoms in total. The highest BCUT2D eigenvalue weighted by Gasteiger charge is 2.37. The predicted molar refractivity (Wildman–Crippen MR) is 88.6 cm³/mol. The molecule has 1 fully saturated rings. The molecular formula is C18H25NO5. The molecular weight excluding hydrogens is 310 g/mol. The van der Waals surface area contributed by atoms with E-state index >= 15 is 0 Å². The molecule has 2 unspecified atom stereocenters. The maximum atomic E-state index is 12.7. The van der Waals surface area contributed by atoms with Gasteiger partial charge in [0.05, 0.1) is 25.7 Å². The Labute approximate surface area is 142 Å². The second kappa shape index (κ2) is 7.66. The van der Waals surface area contributed by atoms with Crippen molar-refractivity contribution in [2.75, 3.05) is 13.2 Å². The molecule has 0 saturated carbocycles. The molecule has 0 bridgehead atoms. The van der Waals surface area contributed by atoms with Crippen molar-refractivity contribution < 1.29 is 24.2 Å². The lowest BCUT2D eigenvalue weighted by Crippen LogP contribution is -2.39. The Hall–Kier alpha value is -2.08. The Kier molecular flexibility index (Phi) is 5.83. The summed E-state index contributed by atoms with van der Waals surface area (Å²) in [5.41, 5.74) is 4.25. The molecule has 0 aromatic heterocycles. The number of aryl methyl sites for hydroxylation is 3. The Morgan fingerprint density at radius 3 is 2.46 bits per heavy atom. The number of β-amino-alcohol motifs (C(OH)–C–C–N with tert-alkyl or cyclic N) is 1. The highest BCUT2D eigenvalue weighted by molar-refractivity contribution is 5.80. The van der Waals surface area contributed by atoms with E-state index in [2.05, 4.69) is 0 Å². The number of hydrogen-bond donors (Lipinski definition) is 1. The van der Waals surface area contributed by atoms with Crippen molar-refractivity contribution in [3.63, 3.8) is 0 Å². The molecule has 2 rings (SSSR count). The summed E-state index contributed by atoms with van der Waals surface area (Å²) >= 11 is 0. The first-order valence-corrected chi connectivity index (χ1v) is 8.19. The summed E-state index contributed by atoms with van der Waals surface area (Å²) in [5.74, 6) is -0.170. The average Bonchev–Trinajstić information content (AvgIpc) is 2.83. The van der Waals surface area contributed by atoms with Gasteiger partial charge < -0.3 is 19.5 Å². The predicted octanol–water partition coefficient (Wildman–Crippen LogP) is 2.25. The minimum Gasteiger partial charge on any atom is -0.435 e. The zero-order valence-corrected chi connectivity index (χ0v) is 14.7. The summed E-state index contributed by atoms with van der Waals surface area (Å²) in [6.45, 7) is 8.01. The van der Waals surface area contributed by atoms with Crippen LogP contribution in [-0.2, 0) is 20.7 Å². The molecule has 1 saturated heterocycles. The standard InChI is InChI=1S/C18H25NO5/c1-5-23-18(22)24-17-8-14(20)10-19(17)16(21)9-15-12(3)6-11(2)7-13(15)4/h6-7,14,17,20H,5,8-10H2,1-4H3. The van der Waals surface area contributed by atoms with Crippen molar-refractivity contribution in [2.45, 2.75) is 52.9 Å². The SMILES string of the molecule is CCOC(=O)OC1CC(O)CN1C(=O)Cc1c(C)cc(C)cc1C. The van der Waals surface area contributed by atoms with Gasteiger partial charge in [-0.3, -0.25) is 4.79 Å². The molecule has 1 amide bonds. The van der Waals surface area contributed by atoms with E-state index in [1.165, 1.54) is 4.90 Å². The van der Waals surface area contributed by atoms with Crippen LogP contribution in [0.15, 0.2) is 12.1 Å². The van der Waals surface area contributed by atoms with Crippen molar-refractivity contribution in [1.29, 1.82) is 0 Å². The van der Waals surface area contributed by atoms with Crippen LogP contribution in [0, 0.1) is 20.8 Å². The van der Waals surface area contributed by atoms with Gasteiger partial charge in [-0.2, -0.15) is 0 Å². The van der Waals surface area contributed by atoms with Gasteiger partial charge in [-0.15, -0.1) is 0 Å². The number of amides is 1. The van der Waals surface area contributed by atoms with E-state index in [0.29, 0.717) is 0 Å². The number of carbonyl (C=O) groups excluding carboxylic acids is 2. The fourth-order valence-electron chi connectivity index (χ4n) is 3.16. The Bertz CT molecular complexity index is 605. The van der Waals surface area contributed by atoms with E-state index in [4.69, 9.17) is 9.47 Å². The van der Waals surface area contributed by atoms with E-state index in [-0.39, 0.29) is 31.9 Å². The zero-order valence-electron chi connectivity index (χ0n) is 14.7. The monoisotopic (exact) mass is 335 g/mol. The van der Waals surface area contributed by atoms with Crippen molar-refractivity contribution in [1.82, 2.24) is 4.90 Å². The van der Waals surface area contributed by atoms with Crippen molar-refractivity contribution >= 4 is 12.1 Å². The van der Waals surface area contributed by atoms with Crippen LogP contribution in [0.2, 0.25) is 0 Å². The largest absolute Gasteiger partial charge is 0.510 e. The summed E-state index contributed by atoms with van der Waals surface area (Å²) < 4.78 is 9.91. The average molecular weight is 335 g/mol. The van der Waals surface area contributed by atoms with Crippen molar-refractivity contribution in [3.05, 3.63) is 34.4 Å². The van der Waals surface area contributed by atoms with Gasteiger partial charge in [-0.1, -0.05) is 17.7 Å². The van der Waals surface area contributed by atoms with Crippen molar-refractivity contribution in [3.8, 4) is 0 Å². The van der Waals surface area contributed by atoms with Crippen LogP contribution in [0.25, 0.3) is 0 Å². The molecule has 2 atom stereocenters.